The van der Waals surface area contributed by atoms with Gasteiger partial charge in [-0.05, 0) is 48.4 Å². The minimum absolute atomic E-state index is 0.0490. The van der Waals surface area contributed by atoms with E-state index in [4.69, 9.17) is 10.5 Å². The van der Waals surface area contributed by atoms with E-state index in [1.165, 1.54) is 0 Å². The van der Waals surface area contributed by atoms with Crippen molar-refractivity contribution < 1.29 is 19.1 Å². The van der Waals surface area contributed by atoms with Crippen LogP contribution in [0.3, 0.4) is 0 Å². The number of carbonyl (C=O) groups is 3. The third kappa shape index (κ3) is 7.21. The first kappa shape index (κ1) is 29.0. The molecule has 3 atom stereocenters. The summed E-state index contributed by atoms with van der Waals surface area (Å²) in [6, 6.07) is 32.6. The van der Waals surface area contributed by atoms with Crippen LogP contribution in [0.25, 0.3) is 10.8 Å². The number of nitrogens with one attached hydrogen (secondary N) is 3. The summed E-state index contributed by atoms with van der Waals surface area (Å²) in [5.74, 6) is -1.21. The third-order valence-electron chi connectivity index (χ3n) is 7.52. The monoisotopic (exact) mass is 564 g/mol. The van der Waals surface area contributed by atoms with Crippen LogP contribution in [-0.4, -0.2) is 49.1 Å². The number of anilines is 1. The average molecular weight is 565 g/mol. The van der Waals surface area contributed by atoms with Crippen LogP contribution in [0, 0.1) is 0 Å². The SMILES string of the molecule is NCCCC[C@H](NC(=O)C1OC1C(=O)NCC(c1ccccc1)c1ccccc1)C(=O)Nc1cccc2ccccc12. The van der Waals surface area contributed by atoms with E-state index in [1.54, 1.807) is 0 Å². The van der Waals surface area contributed by atoms with Crippen LogP contribution in [0.2, 0.25) is 0 Å². The van der Waals surface area contributed by atoms with Crippen LogP contribution in [0.5, 0.6) is 0 Å². The standard InChI is InChI=1S/C34H36N4O4/c35-21-10-9-19-29(32(39)37-28-20-11-17-23-16-7-8-18-26(23)28)38-34(41)31-30(42-31)33(40)36-22-27(24-12-3-1-4-13-24)25-14-5-2-6-15-25/h1-8,11-18,20,27,29-31H,9-10,19,21-22,35H2,(H,36,40)(H,37,39)(H,38,41)/t29-,30?,31?/m0/s1. The van der Waals surface area contributed by atoms with Gasteiger partial charge >= 0.3 is 0 Å². The van der Waals surface area contributed by atoms with Crippen LogP contribution in [0.4, 0.5) is 5.69 Å². The molecular weight excluding hydrogens is 528 g/mol. The van der Waals surface area contributed by atoms with Gasteiger partial charge < -0.3 is 26.4 Å². The lowest BCUT2D eigenvalue weighted by molar-refractivity contribution is -0.127. The fourth-order valence-corrected chi connectivity index (χ4v) is 5.18. The molecule has 0 spiro atoms. The molecule has 4 aromatic carbocycles. The maximum absolute atomic E-state index is 13.3. The lowest BCUT2D eigenvalue weighted by Crippen LogP contribution is -2.46. The molecule has 0 saturated carbocycles. The summed E-state index contributed by atoms with van der Waals surface area (Å²) in [6.07, 6.45) is -0.0375. The Morgan fingerprint density at radius 1 is 0.738 bits per heavy atom. The number of fused-ring (bicyclic) bond motifs is 1. The van der Waals surface area contributed by atoms with Crippen molar-refractivity contribution in [3.05, 3.63) is 114 Å². The molecule has 1 aliphatic heterocycles. The first-order chi connectivity index (χ1) is 20.5. The number of carbonyl (C=O) groups excluding carboxylic acids is 3. The maximum atomic E-state index is 13.3. The van der Waals surface area contributed by atoms with E-state index < -0.39 is 24.2 Å². The summed E-state index contributed by atoms with van der Waals surface area (Å²) in [4.78, 5) is 39.4. The van der Waals surface area contributed by atoms with Gasteiger partial charge in [-0.25, -0.2) is 0 Å². The molecule has 0 radical (unpaired) electrons. The zero-order valence-corrected chi connectivity index (χ0v) is 23.4. The molecule has 1 saturated heterocycles. The summed E-state index contributed by atoms with van der Waals surface area (Å²) >= 11 is 0. The molecule has 5 N–H and O–H groups in total. The molecule has 0 bridgehead atoms. The summed E-state index contributed by atoms with van der Waals surface area (Å²) < 4.78 is 5.49. The van der Waals surface area contributed by atoms with Crippen LogP contribution < -0.4 is 21.7 Å². The second-order valence-corrected chi connectivity index (χ2v) is 10.5. The van der Waals surface area contributed by atoms with Gasteiger partial charge in [0.15, 0.2) is 12.2 Å². The number of unbranched alkanes of at least 4 members (excludes halogenated alkanes) is 1. The van der Waals surface area contributed by atoms with Gasteiger partial charge in [0.2, 0.25) is 5.91 Å². The van der Waals surface area contributed by atoms with Crippen molar-refractivity contribution in [2.75, 3.05) is 18.4 Å². The average Bonchev–Trinajstić information content (AvgIpc) is 3.83. The smallest absolute Gasteiger partial charge is 0.253 e. The fourth-order valence-electron chi connectivity index (χ4n) is 5.18. The molecule has 5 rings (SSSR count). The highest BCUT2D eigenvalue weighted by Crippen LogP contribution is 2.27. The van der Waals surface area contributed by atoms with Crippen LogP contribution in [0.1, 0.15) is 36.3 Å². The van der Waals surface area contributed by atoms with E-state index in [-0.39, 0.29) is 17.7 Å². The Morgan fingerprint density at radius 3 is 2.05 bits per heavy atom. The number of hydrogen-bond donors (Lipinski definition) is 4. The molecule has 216 valence electrons. The second kappa shape index (κ2) is 13.9. The Morgan fingerprint density at radius 2 is 1.36 bits per heavy atom. The number of benzene rings is 4. The Kier molecular flexibility index (Phi) is 9.59. The van der Waals surface area contributed by atoms with Crippen molar-refractivity contribution in [3.8, 4) is 0 Å². The van der Waals surface area contributed by atoms with E-state index >= 15 is 0 Å². The van der Waals surface area contributed by atoms with Crippen molar-refractivity contribution in [3.63, 3.8) is 0 Å². The van der Waals surface area contributed by atoms with Crippen molar-refractivity contribution in [1.29, 1.82) is 0 Å². The Bertz CT molecular complexity index is 1470. The van der Waals surface area contributed by atoms with E-state index in [0.29, 0.717) is 31.6 Å². The van der Waals surface area contributed by atoms with Gasteiger partial charge in [0.05, 0.1) is 0 Å². The number of amides is 3. The van der Waals surface area contributed by atoms with Gasteiger partial charge in [0.1, 0.15) is 6.04 Å². The second-order valence-electron chi connectivity index (χ2n) is 10.5. The Labute approximate surface area is 245 Å². The topological polar surface area (TPSA) is 126 Å². The number of nitrogens with two attached hydrogens (primary N) is 1. The lowest BCUT2D eigenvalue weighted by atomic mass is 9.91. The predicted molar refractivity (Wildman–Crippen MR) is 164 cm³/mol. The number of ether oxygens (including phenoxy) is 1. The van der Waals surface area contributed by atoms with E-state index in [1.807, 2.05) is 103 Å². The largest absolute Gasteiger partial charge is 0.353 e. The van der Waals surface area contributed by atoms with Gasteiger partial charge in [-0.1, -0.05) is 97.1 Å². The zero-order chi connectivity index (χ0) is 29.3. The van der Waals surface area contributed by atoms with Crippen LogP contribution >= 0.6 is 0 Å². The highest BCUT2D eigenvalue weighted by Gasteiger charge is 2.51. The molecular formula is C34H36N4O4. The normalized spacial score (nSPS) is 16.5. The third-order valence-corrected chi connectivity index (χ3v) is 7.52. The number of epoxide rings is 1. The highest BCUT2D eigenvalue weighted by molar-refractivity contribution is 6.05. The summed E-state index contributed by atoms with van der Waals surface area (Å²) in [5, 5.41) is 10.6. The molecule has 1 heterocycles. The quantitative estimate of drug-likeness (QED) is 0.144. The van der Waals surface area contributed by atoms with E-state index in [0.717, 1.165) is 28.3 Å². The van der Waals surface area contributed by atoms with E-state index in [2.05, 4.69) is 16.0 Å². The van der Waals surface area contributed by atoms with Gasteiger partial charge in [0, 0.05) is 23.5 Å². The van der Waals surface area contributed by atoms with Crippen molar-refractivity contribution in [1.82, 2.24) is 10.6 Å². The molecule has 1 fully saturated rings. The first-order valence-electron chi connectivity index (χ1n) is 14.4. The van der Waals surface area contributed by atoms with Crippen LogP contribution in [-0.2, 0) is 19.1 Å². The summed E-state index contributed by atoms with van der Waals surface area (Å²) in [6.45, 7) is 0.850. The molecule has 2 unspecified atom stereocenters. The van der Waals surface area contributed by atoms with Gasteiger partial charge in [-0.3, -0.25) is 14.4 Å². The molecule has 8 nitrogen and oxygen atoms in total. The lowest BCUT2D eigenvalue weighted by Gasteiger charge is -2.19. The van der Waals surface area contributed by atoms with Gasteiger partial charge in [-0.2, -0.15) is 0 Å². The Balaban J connectivity index is 1.20. The van der Waals surface area contributed by atoms with Gasteiger partial charge in [0.25, 0.3) is 11.8 Å². The number of hydrogen-bond acceptors (Lipinski definition) is 5. The molecule has 3 amide bonds. The minimum Gasteiger partial charge on any atom is -0.353 e. The van der Waals surface area contributed by atoms with Crippen LogP contribution in [0.15, 0.2) is 103 Å². The molecule has 4 aromatic rings. The summed E-state index contributed by atoms with van der Waals surface area (Å²) in [7, 11) is 0. The number of rotatable bonds is 13. The molecule has 0 aliphatic carbocycles. The van der Waals surface area contributed by atoms with Crippen molar-refractivity contribution in [2.45, 2.75) is 43.4 Å². The molecule has 1 aliphatic rings. The zero-order valence-electron chi connectivity index (χ0n) is 23.4. The maximum Gasteiger partial charge on any atom is 0.253 e. The first-order valence-corrected chi connectivity index (χ1v) is 14.4. The van der Waals surface area contributed by atoms with Crippen molar-refractivity contribution in [2.24, 2.45) is 5.73 Å². The van der Waals surface area contributed by atoms with Crippen molar-refractivity contribution >= 4 is 34.2 Å². The summed E-state index contributed by atoms with van der Waals surface area (Å²) in [5.41, 5.74) is 8.48. The molecule has 42 heavy (non-hydrogen) atoms. The van der Waals surface area contributed by atoms with E-state index in [9.17, 15) is 14.4 Å². The molecule has 8 heteroatoms. The highest BCUT2D eigenvalue weighted by atomic mass is 16.6. The Hall–Kier alpha value is -4.53. The predicted octanol–water partition coefficient (Wildman–Crippen LogP) is 4.11. The minimum atomic E-state index is -0.945. The van der Waals surface area contributed by atoms with Gasteiger partial charge in [-0.15, -0.1) is 0 Å². The molecule has 0 aromatic heterocycles. The fraction of sp³-hybridized carbons (Fsp3) is 0.265.